The zero-order valence-corrected chi connectivity index (χ0v) is 23.9. The molecule has 0 aliphatic carbocycles. The van der Waals surface area contributed by atoms with Crippen molar-refractivity contribution in [1.29, 1.82) is 0 Å². The third-order valence-corrected chi connectivity index (χ3v) is 7.76. The summed E-state index contributed by atoms with van der Waals surface area (Å²) in [7, 11) is 5.03. The van der Waals surface area contributed by atoms with E-state index < -0.39 is 47.0 Å². The van der Waals surface area contributed by atoms with Crippen LogP contribution in [-0.2, 0) is 37.8 Å². The molecule has 1 fully saturated rings. The van der Waals surface area contributed by atoms with Crippen molar-refractivity contribution in [2.45, 2.75) is 109 Å². The van der Waals surface area contributed by atoms with E-state index in [1.54, 1.807) is 34.6 Å². The van der Waals surface area contributed by atoms with E-state index in [2.05, 4.69) is 0 Å². The van der Waals surface area contributed by atoms with Gasteiger partial charge in [0.05, 0.1) is 23.4 Å². The summed E-state index contributed by atoms with van der Waals surface area (Å²) in [5.74, 6) is -2.12. The first-order valence-corrected chi connectivity index (χ1v) is 13.0. The lowest BCUT2D eigenvalue weighted by Crippen LogP contribution is -2.58. The highest BCUT2D eigenvalue weighted by Gasteiger charge is 2.51. The van der Waals surface area contributed by atoms with Crippen molar-refractivity contribution >= 4 is 20.7 Å². The monoisotopic (exact) mass is 533 g/mol. The number of alkyl halides is 1. The quantitative estimate of drug-likeness (QED) is 0.221. The second-order valence-electron chi connectivity index (χ2n) is 11.0. The summed E-state index contributed by atoms with van der Waals surface area (Å²) in [4.78, 5) is 26.1. The van der Waals surface area contributed by atoms with Crippen LogP contribution in [0, 0.1) is 5.92 Å². The Balaban J connectivity index is 2.59. The molecule has 0 saturated carbocycles. The predicted octanol–water partition coefficient (Wildman–Crippen LogP) is 4.04. The minimum Gasteiger partial charge on any atom is -0.456 e. The number of ether oxygens (including phenoxy) is 5. The van der Waals surface area contributed by atoms with Gasteiger partial charge in [0.1, 0.15) is 11.4 Å². The third kappa shape index (κ3) is 6.90. The van der Waals surface area contributed by atoms with Gasteiger partial charge in [-0.1, -0.05) is 6.92 Å². The molecule has 36 heavy (non-hydrogen) atoms. The van der Waals surface area contributed by atoms with E-state index in [9.17, 15) is 14.2 Å². The van der Waals surface area contributed by atoms with Gasteiger partial charge >= 0.3 is 5.97 Å². The lowest BCUT2D eigenvalue weighted by atomic mass is 9.80. The molecule has 0 bridgehead atoms. The van der Waals surface area contributed by atoms with Crippen molar-refractivity contribution in [2.75, 3.05) is 21.2 Å². The minimum atomic E-state index is -2.22. The molecule has 8 atom stereocenters. The van der Waals surface area contributed by atoms with Crippen LogP contribution in [0.5, 0.6) is 0 Å². The van der Waals surface area contributed by atoms with E-state index in [4.69, 9.17) is 23.7 Å². The number of cyclic esters (lactones) is 1. The van der Waals surface area contributed by atoms with Crippen LogP contribution < -0.4 is 0 Å². The summed E-state index contributed by atoms with van der Waals surface area (Å²) >= 11 is 0. The van der Waals surface area contributed by atoms with Gasteiger partial charge < -0.3 is 28.6 Å². The van der Waals surface area contributed by atoms with E-state index in [0.717, 1.165) is 0 Å². The van der Waals surface area contributed by atoms with E-state index in [1.807, 2.05) is 25.9 Å². The molecule has 0 aromatic rings. The molecule has 0 N–H and O–H groups in total. The second kappa shape index (κ2) is 11.5. The van der Waals surface area contributed by atoms with Gasteiger partial charge in [-0.3, -0.25) is 9.36 Å². The number of nitrogens with zero attached hydrogens (tertiary/aromatic N) is 1. The van der Waals surface area contributed by atoms with Crippen molar-refractivity contribution in [3.63, 3.8) is 0 Å². The highest BCUT2D eigenvalue weighted by molar-refractivity contribution is 7.24. The van der Waals surface area contributed by atoms with Gasteiger partial charge in [-0.15, -0.1) is 0 Å². The SMILES string of the molecule is CO[C@](C)(CC(C)(F)C=O)[C@H](O[C@@H]1OC(C)CC(N(C)C)[C@H]1P=O)[C@@H](C)C1=C(C)C(=O)OC(C)(C)O1. The van der Waals surface area contributed by atoms with Crippen LogP contribution in [0.15, 0.2) is 11.3 Å². The van der Waals surface area contributed by atoms with Crippen molar-refractivity contribution in [3.05, 3.63) is 11.3 Å². The number of carbonyl (C=O) groups is 2. The van der Waals surface area contributed by atoms with Gasteiger partial charge in [0, 0.05) is 39.3 Å². The lowest BCUT2D eigenvalue weighted by molar-refractivity contribution is -0.267. The van der Waals surface area contributed by atoms with Gasteiger partial charge in [0.15, 0.2) is 26.7 Å². The average Bonchev–Trinajstić information content (AvgIpc) is 2.78. The van der Waals surface area contributed by atoms with Crippen LogP contribution in [0.1, 0.15) is 61.3 Å². The first-order valence-electron chi connectivity index (χ1n) is 12.1. The fraction of sp³-hybridized carbons (Fsp3) is 0.840. The van der Waals surface area contributed by atoms with Gasteiger partial charge in [-0.05, 0) is 48.2 Å². The molecule has 11 heteroatoms. The lowest BCUT2D eigenvalue weighted by Gasteiger charge is -2.47. The van der Waals surface area contributed by atoms with E-state index in [-0.39, 0.29) is 38.9 Å². The largest absolute Gasteiger partial charge is 0.456 e. The zero-order chi connectivity index (χ0) is 27.6. The van der Waals surface area contributed by atoms with Crippen LogP contribution >= 0.6 is 8.46 Å². The maximum atomic E-state index is 15.1. The Labute approximate surface area is 215 Å². The number of methoxy groups -OCH3 is 1. The van der Waals surface area contributed by atoms with E-state index in [1.165, 1.54) is 14.0 Å². The maximum Gasteiger partial charge on any atom is 0.340 e. The van der Waals surface area contributed by atoms with Crippen LogP contribution in [0.25, 0.3) is 0 Å². The molecule has 0 amide bonds. The number of hydrogen-bond acceptors (Lipinski definition) is 9. The molecule has 1 saturated heterocycles. The minimum absolute atomic E-state index is 0.107. The third-order valence-electron chi connectivity index (χ3n) is 6.93. The summed E-state index contributed by atoms with van der Waals surface area (Å²) < 4.78 is 57.2. The van der Waals surface area contributed by atoms with Crippen molar-refractivity contribution in [1.82, 2.24) is 4.90 Å². The predicted molar refractivity (Wildman–Crippen MR) is 131 cm³/mol. The van der Waals surface area contributed by atoms with Gasteiger partial charge in [0.25, 0.3) is 0 Å². The van der Waals surface area contributed by atoms with Crippen molar-refractivity contribution in [2.24, 2.45) is 5.92 Å². The Morgan fingerprint density at radius 1 is 1.31 bits per heavy atom. The van der Waals surface area contributed by atoms with E-state index >= 15 is 4.39 Å². The average molecular weight is 534 g/mol. The Morgan fingerprint density at radius 3 is 2.42 bits per heavy atom. The molecule has 0 aromatic heterocycles. The summed E-state index contributed by atoms with van der Waals surface area (Å²) in [6.45, 7) is 11.3. The number of hydrogen-bond donors (Lipinski definition) is 0. The molecule has 2 heterocycles. The summed E-state index contributed by atoms with van der Waals surface area (Å²) in [5.41, 5.74) is -3.88. The number of rotatable bonds is 11. The standard InChI is InChI=1S/C25H41FNO8P/c1-14-11-17(27(8)9)19(36-30)22(32-14)33-20(25(7,31-10)12-24(6,26)13-28)15(2)18-16(3)21(29)35-23(4,5)34-18/h13-15,17,19-20,22H,11-12H2,1-10H3/t14?,15-,17?,19+,20+,22-,24?,25+/m0/s1. The summed E-state index contributed by atoms with van der Waals surface area (Å²) in [5, 5.41) is 0. The van der Waals surface area contributed by atoms with Crippen LogP contribution in [0.2, 0.25) is 0 Å². The molecule has 2 aliphatic heterocycles. The van der Waals surface area contributed by atoms with Gasteiger partial charge in [-0.2, -0.15) is 0 Å². The smallest absolute Gasteiger partial charge is 0.340 e. The van der Waals surface area contributed by atoms with Crippen molar-refractivity contribution in [3.8, 4) is 0 Å². The molecule has 2 aliphatic rings. The Morgan fingerprint density at radius 2 is 1.92 bits per heavy atom. The fourth-order valence-electron chi connectivity index (χ4n) is 5.06. The molecular weight excluding hydrogens is 492 g/mol. The van der Waals surface area contributed by atoms with Gasteiger partial charge in [0.2, 0.25) is 5.79 Å². The second-order valence-corrected chi connectivity index (χ2v) is 11.8. The Hall–Kier alpha value is -1.45. The normalized spacial score (nSPS) is 31.7. The number of carbonyl (C=O) groups excluding carboxylic acids is 2. The fourth-order valence-corrected chi connectivity index (χ4v) is 5.83. The van der Waals surface area contributed by atoms with Crippen LogP contribution in [0.3, 0.4) is 0 Å². The molecule has 2 rings (SSSR count). The number of halogens is 1. The maximum absolute atomic E-state index is 15.1. The highest BCUT2D eigenvalue weighted by Crippen LogP contribution is 2.42. The molecule has 0 aromatic carbocycles. The first-order chi connectivity index (χ1) is 16.5. The van der Waals surface area contributed by atoms with Crippen LogP contribution in [-0.4, -0.2) is 85.6 Å². The van der Waals surface area contributed by atoms with Gasteiger partial charge in [-0.25, -0.2) is 9.18 Å². The Kier molecular flexibility index (Phi) is 9.85. The number of esters is 1. The summed E-state index contributed by atoms with van der Waals surface area (Å²) in [6.07, 6.45) is -1.56. The zero-order valence-electron chi connectivity index (χ0n) is 23.0. The molecule has 9 nitrogen and oxygen atoms in total. The summed E-state index contributed by atoms with van der Waals surface area (Å²) in [6, 6.07) is -0.107. The first kappa shape index (κ1) is 30.8. The molecule has 3 unspecified atom stereocenters. The highest BCUT2D eigenvalue weighted by atomic mass is 31.1. The molecule has 0 radical (unpaired) electrons. The molecular formula is C25H41FNO8P. The molecule has 0 spiro atoms. The topological polar surface area (TPSA) is 101 Å². The van der Waals surface area contributed by atoms with E-state index in [0.29, 0.717) is 12.2 Å². The van der Waals surface area contributed by atoms with Crippen molar-refractivity contribution < 1.29 is 42.2 Å². The number of aldehydes is 1. The van der Waals surface area contributed by atoms with Crippen LogP contribution in [0.4, 0.5) is 4.39 Å². The molecule has 206 valence electrons. The Bertz CT molecular complexity index is 863.